The fourth-order valence-electron chi connectivity index (χ4n) is 4.07. The second-order valence-electron chi connectivity index (χ2n) is 8.15. The molecule has 168 valence electrons. The Hall–Kier alpha value is -2.09. The summed E-state index contributed by atoms with van der Waals surface area (Å²) in [5.41, 5.74) is 1.27. The number of para-hydroxylation sites is 1. The minimum absolute atomic E-state index is 0.0000871. The SMILES string of the molecule is C[C@@H](CC1CCCCC1)NCc1ccccc1N(Cl)C(=O)NS(=O)(=O)c1ccccc1. The van der Waals surface area contributed by atoms with Crippen molar-refractivity contribution >= 4 is 33.5 Å². The number of hydrogen-bond donors (Lipinski definition) is 2. The molecule has 8 heteroatoms. The summed E-state index contributed by atoms with van der Waals surface area (Å²) in [7, 11) is -4.01. The van der Waals surface area contributed by atoms with Crippen molar-refractivity contribution in [2.75, 3.05) is 4.42 Å². The predicted molar refractivity (Wildman–Crippen MR) is 124 cm³/mol. The van der Waals surface area contributed by atoms with Gasteiger partial charge in [0.05, 0.1) is 10.6 Å². The lowest BCUT2D eigenvalue weighted by atomic mass is 9.85. The summed E-state index contributed by atoms with van der Waals surface area (Å²) in [6, 6.07) is 14.3. The van der Waals surface area contributed by atoms with Crippen molar-refractivity contribution in [3.8, 4) is 0 Å². The third-order valence-corrected chi connectivity index (χ3v) is 7.38. The molecule has 1 fully saturated rings. The van der Waals surface area contributed by atoms with Gasteiger partial charge >= 0.3 is 6.03 Å². The van der Waals surface area contributed by atoms with Crippen LogP contribution >= 0.6 is 11.8 Å². The van der Waals surface area contributed by atoms with Gasteiger partial charge in [-0.3, -0.25) is 0 Å². The maximum absolute atomic E-state index is 12.6. The van der Waals surface area contributed by atoms with E-state index in [9.17, 15) is 13.2 Å². The van der Waals surface area contributed by atoms with Gasteiger partial charge in [-0.25, -0.2) is 22.4 Å². The number of urea groups is 1. The van der Waals surface area contributed by atoms with E-state index in [1.54, 1.807) is 30.3 Å². The predicted octanol–water partition coefficient (Wildman–Crippen LogP) is 5.19. The molecule has 2 N–H and O–H groups in total. The Morgan fingerprint density at radius 2 is 1.71 bits per heavy atom. The number of anilines is 1. The topological polar surface area (TPSA) is 78.5 Å². The summed E-state index contributed by atoms with van der Waals surface area (Å²) in [5.74, 6) is 0.769. The molecule has 0 radical (unpaired) electrons. The number of sulfonamides is 1. The molecule has 0 heterocycles. The van der Waals surface area contributed by atoms with Crippen molar-refractivity contribution in [3.05, 3.63) is 60.2 Å². The largest absolute Gasteiger partial charge is 0.350 e. The van der Waals surface area contributed by atoms with E-state index in [2.05, 4.69) is 12.2 Å². The number of nitrogens with zero attached hydrogens (tertiary/aromatic N) is 1. The van der Waals surface area contributed by atoms with Gasteiger partial charge < -0.3 is 5.32 Å². The molecule has 0 aromatic heterocycles. The van der Waals surface area contributed by atoms with Crippen LogP contribution in [0.3, 0.4) is 0 Å². The van der Waals surface area contributed by atoms with Gasteiger partial charge in [-0.2, -0.15) is 0 Å². The second kappa shape index (κ2) is 11.0. The molecule has 3 rings (SSSR count). The molecular weight excluding hydrogens is 434 g/mol. The zero-order chi connectivity index (χ0) is 22.3. The first-order valence-electron chi connectivity index (χ1n) is 10.8. The molecule has 2 amide bonds. The van der Waals surface area contributed by atoms with Crippen LogP contribution in [-0.2, 0) is 16.6 Å². The van der Waals surface area contributed by atoms with Crippen molar-refractivity contribution in [1.29, 1.82) is 0 Å². The smallest absolute Gasteiger partial charge is 0.310 e. The molecule has 0 bridgehead atoms. The highest BCUT2D eigenvalue weighted by Gasteiger charge is 2.24. The zero-order valence-corrected chi connectivity index (χ0v) is 19.3. The summed E-state index contributed by atoms with van der Waals surface area (Å²) in [5, 5.41) is 3.52. The second-order valence-corrected chi connectivity index (χ2v) is 10.2. The standard InChI is InChI=1S/C23H30ClN3O3S/c1-18(16-19-10-4-2-5-11-19)25-17-20-12-8-9-15-22(20)27(24)23(28)26-31(29,30)21-13-6-3-7-14-21/h3,6-9,12-15,18-19,25H,2,4-5,10-11,16-17H2,1H3,(H,26,28)/t18-/m0/s1. The number of rotatable bonds is 8. The Morgan fingerprint density at radius 1 is 1.06 bits per heavy atom. The first kappa shape index (κ1) is 23.6. The Bertz CT molecular complexity index is 963. The van der Waals surface area contributed by atoms with Gasteiger partial charge in [0, 0.05) is 24.4 Å². The normalized spacial score (nSPS) is 15.9. The van der Waals surface area contributed by atoms with Gasteiger partial charge in [0.15, 0.2) is 0 Å². The molecule has 0 spiro atoms. The van der Waals surface area contributed by atoms with Crippen LogP contribution in [0.25, 0.3) is 0 Å². The molecule has 0 unspecified atom stereocenters. The summed E-state index contributed by atoms with van der Waals surface area (Å²) < 4.78 is 27.7. The average molecular weight is 464 g/mol. The van der Waals surface area contributed by atoms with Crippen LogP contribution in [0.2, 0.25) is 0 Å². The van der Waals surface area contributed by atoms with Crippen molar-refractivity contribution < 1.29 is 13.2 Å². The van der Waals surface area contributed by atoms with Crippen LogP contribution in [0.15, 0.2) is 59.5 Å². The van der Waals surface area contributed by atoms with E-state index >= 15 is 0 Å². The fourth-order valence-corrected chi connectivity index (χ4v) is 5.28. The quantitative estimate of drug-likeness (QED) is 0.528. The van der Waals surface area contributed by atoms with Crippen molar-refractivity contribution in [1.82, 2.24) is 10.0 Å². The van der Waals surface area contributed by atoms with Crippen LogP contribution in [-0.4, -0.2) is 20.5 Å². The number of carbonyl (C=O) groups excluding carboxylic acids is 1. The molecule has 1 aliphatic rings. The number of nitrogens with one attached hydrogen (secondary N) is 2. The average Bonchev–Trinajstić information content (AvgIpc) is 2.78. The van der Waals surface area contributed by atoms with E-state index in [1.165, 1.54) is 44.2 Å². The summed E-state index contributed by atoms with van der Waals surface area (Å²) in [6.07, 6.45) is 7.72. The Balaban J connectivity index is 1.62. The first-order chi connectivity index (χ1) is 14.9. The van der Waals surface area contributed by atoms with Gasteiger partial charge in [0.2, 0.25) is 0 Å². The monoisotopic (exact) mass is 463 g/mol. The maximum atomic E-state index is 12.6. The molecule has 1 atom stereocenters. The molecule has 6 nitrogen and oxygen atoms in total. The van der Waals surface area contributed by atoms with Gasteiger partial charge in [-0.1, -0.05) is 68.5 Å². The zero-order valence-electron chi connectivity index (χ0n) is 17.8. The van der Waals surface area contributed by atoms with Crippen LogP contribution in [0.5, 0.6) is 0 Å². The van der Waals surface area contributed by atoms with Crippen molar-refractivity contribution in [2.24, 2.45) is 5.92 Å². The third-order valence-electron chi connectivity index (χ3n) is 5.71. The summed E-state index contributed by atoms with van der Waals surface area (Å²) >= 11 is 6.26. The third kappa shape index (κ3) is 6.69. The lowest BCUT2D eigenvalue weighted by molar-refractivity contribution is 0.254. The van der Waals surface area contributed by atoms with E-state index in [0.717, 1.165) is 22.3 Å². The van der Waals surface area contributed by atoms with Crippen LogP contribution in [0, 0.1) is 5.92 Å². The highest BCUT2D eigenvalue weighted by molar-refractivity contribution is 7.90. The Kier molecular flexibility index (Phi) is 8.35. The fraction of sp³-hybridized carbons (Fsp3) is 0.435. The van der Waals surface area contributed by atoms with Crippen LogP contribution in [0.4, 0.5) is 10.5 Å². The first-order valence-corrected chi connectivity index (χ1v) is 12.6. The van der Waals surface area contributed by atoms with E-state index in [0.29, 0.717) is 18.3 Å². The molecular formula is C23H30ClN3O3S. The highest BCUT2D eigenvalue weighted by Crippen LogP contribution is 2.28. The van der Waals surface area contributed by atoms with Crippen LogP contribution < -0.4 is 14.5 Å². The molecule has 1 saturated carbocycles. The van der Waals surface area contributed by atoms with Gasteiger partial charge in [0.25, 0.3) is 10.0 Å². The van der Waals surface area contributed by atoms with Crippen LogP contribution in [0.1, 0.15) is 51.0 Å². The van der Waals surface area contributed by atoms with Crippen molar-refractivity contribution in [3.63, 3.8) is 0 Å². The van der Waals surface area contributed by atoms with E-state index < -0.39 is 16.1 Å². The summed E-state index contributed by atoms with van der Waals surface area (Å²) in [4.78, 5) is 12.6. The number of carbonyl (C=O) groups is 1. The molecule has 2 aromatic carbocycles. The van der Waals surface area contributed by atoms with E-state index in [1.807, 2.05) is 16.9 Å². The minimum Gasteiger partial charge on any atom is -0.310 e. The number of benzene rings is 2. The van der Waals surface area contributed by atoms with E-state index in [-0.39, 0.29) is 4.90 Å². The number of hydrogen-bond acceptors (Lipinski definition) is 4. The maximum Gasteiger partial charge on any atom is 0.350 e. The molecule has 1 aliphatic carbocycles. The molecule has 0 aliphatic heterocycles. The molecule has 31 heavy (non-hydrogen) atoms. The molecule has 0 saturated heterocycles. The van der Waals surface area contributed by atoms with Crippen molar-refractivity contribution in [2.45, 2.75) is 62.9 Å². The lowest BCUT2D eigenvalue weighted by Crippen LogP contribution is -2.38. The number of halogens is 1. The van der Waals surface area contributed by atoms with E-state index in [4.69, 9.17) is 11.8 Å². The minimum atomic E-state index is -4.01. The number of amides is 2. The van der Waals surface area contributed by atoms with Gasteiger partial charge in [0.1, 0.15) is 0 Å². The Morgan fingerprint density at radius 3 is 2.42 bits per heavy atom. The lowest BCUT2D eigenvalue weighted by Gasteiger charge is -2.25. The Labute approximate surface area is 190 Å². The molecule has 2 aromatic rings. The van der Waals surface area contributed by atoms with Gasteiger partial charge in [-0.05, 0) is 43.0 Å². The van der Waals surface area contributed by atoms with Gasteiger partial charge in [-0.15, -0.1) is 0 Å². The summed E-state index contributed by atoms with van der Waals surface area (Å²) in [6.45, 7) is 2.71. The highest BCUT2D eigenvalue weighted by atomic mass is 35.5.